The van der Waals surface area contributed by atoms with Gasteiger partial charge in [0.15, 0.2) is 5.13 Å². The Morgan fingerprint density at radius 3 is 2.96 bits per heavy atom. The average molecular weight is 333 g/mol. The Labute approximate surface area is 136 Å². The lowest BCUT2D eigenvalue weighted by Crippen LogP contribution is -2.26. The number of nitrogens with one attached hydrogen (secondary N) is 1. The number of nitrogens with zero attached hydrogens (tertiary/aromatic N) is 2. The summed E-state index contributed by atoms with van der Waals surface area (Å²) in [5, 5.41) is 2.85. The van der Waals surface area contributed by atoms with Crippen molar-refractivity contribution < 1.29 is 14.3 Å². The number of hydrogen-bond donors (Lipinski definition) is 1. The molecule has 0 saturated heterocycles. The van der Waals surface area contributed by atoms with Crippen LogP contribution < -0.4 is 10.9 Å². The highest BCUT2D eigenvalue weighted by molar-refractivity contribution is 7.17. The summed E-state index contributed by atoms with van der Waals surface area (Å²) in [4.78, 5) is 39.8. The summed E-state index contributed by atoms with van der Waals surface area (Å²) in [7, 11) is 0. The first-order valence-corrected chi connectivity index (χ1v) is 7.53. The normalized spacial score (nSPS) is 10.1. The summed E-state index contributed by atoms with van der Waals surface area (Å²) in [5.74, 6) is -0.919. The van der Waals surface area contributed by atoms with Gasteiger partial charge in [0.05, 0.1) is 5.69 Å². The first-order valence-electron chi connectivity index (χ1n) is 6.72. The maximum absolute atomic E-state index is 12.0. The highest BCUT2D eigenvalue weighted by Gasteiger charge is 2.17. The minimum atomic E-state index is -0.514. The van der Waals surface area contributed by atoms with Gasteiger partial charge in [-0.2, -0.15) is 0 Å². The molecule has 23 heavy (non-hydrogen) atoms. The van der Waals surface area contributed by atoms with Crippen molar-refractivity contribution in [1.82, 2.24) is 9.55 Å². The van der Waals surface area contributed by atoms with Crippen LogP contribution in [0.25, 0.3) is 0 Å². The van der Waals surface area contributed by atoms with Crippen LogP contribution in [0.4, 0.5) is 5.13 Å². The van der Waals surface area contributed by atoms with Gasteiger partial charge in [-0.15, -0.1) is 0 Å². The van der Waals surface area contributed by atoms with Crippen molar-refractivity contribution in [2.45, 2.75) is 13.5 Å². The summed E-state index contributed by atoms with van der Waals surface area (Å²) < 4.78 is 6.22. The maximum atomic E-state index is 12.0. The Hall–Kier alpha value is -2.74. The predicted octanol–water partition coefficient (Wildman–Crippen LogP) is 1.59. The number of rotatable bonds is 6. The predicted molar refractivity (Wildman–Crippen MR) is 86.7 cm³/mol. The summed E-state index contributed by atoms with van der Waals surface area (Å²) in [6.45, 7) is 5.09. The standard InChI is InChI=1S/C15H15N3O4S/c1-3-8-22-14(21)13-10(2)16-15(23-13)17-11(19)9-18-7-5-4-6-12(18)20/h3-7H,1,8-9H2,2H3,(H,16,17,19). The van der Waals surface area contributed by atoms with Crippen LogP contribution in [0.2, 0.25) is 0 Å². The van der Waals surface area contributed by atoms with Gasteiger partial charge in [-0.25, -0.2) is 9.78 Å². The minimum absolute atomic E-state index is 0.106. The summed E-state index contributed by atoms with van der Waals surface area (Å²) >= 11 is 1.02. The van der Waals surface area contributed by atoms with Crippen LogP contribution in [0.3, 0.4) is 0 Å². The van der Waals surface area contributed by atoms with E-state index in [9.17, 15) is 14.4 Å². The number of ether oxygens (including phenoxy) is 1. The lowest BCUT2D eigenvalue weighted by atomic mass is 10.4. The number of carbonyl (C=O) groups excluding carboxylic acids is 2. The van der Waals surface area contributed by atoms with E-state index in [4.69, 9.17) is 4.74 Å². The van der Waals surface area contributed by atoms with Crippen molar-refractivity contribution in [3.8, 4) is 0 Å². The van der Waals surface area contributed by atoms with Crippen LogP contribution in [0.5, 0.6) is 0 Å². The van der Waals surface area contributed by atoms with E-state index in [1.165, 1.54) is 22.9 Å². The molecule has 7 nitrogen and oxygen atoms in total. The van der Waals surface area contributed by atoms with Crippen molar-refractivity contribution in [3.63, 3.8) is 0 Å². The number of aryl methyl sites for hydroxylation is 1. The number of aromatic nitrogens is 2. The molecule has 0 aliphatic heterocycles. The Balaban J connectivity index is 2.04. The zero-order valence-electron chi connectivity index (χ0n) is 12.4. The van der Waals surface area contributed by atoms with Gasteiger partial charge in [-0.1, -0.05) is 30.1 Å². The molecule has 0 radical (unpaired) electrons. The monoisotopic (exact) mass is 333 g/mol. The van der Waals surface area contributed by atoms with Gasteiger partial charge in [0, 0.05) is 12.3 Å². The van der Waals surface area contributed by atoms with Gasteiger partial charge in [-0.05, 0) is 13.0 Å². The molecule has 0 aliphatic carbocycles. The van der Waals surface area contributed by atoms with Crippen molar-refractivity contribution >= 4 is 28.3 Å². The van der Waals surface area contributed by atoms with Crippen LogP contribution in [0.1, 0.15) is 15.4 Å². The number of pyridine rings is 1. The van der Waals surface area contributed by atoms with E-state index < -0.39 is 11.9 Å². The van der Waals surface area contributed by atoms with Gasteiger partial charge < -0.3 is 14.6 Å². The van der Waals surface area contributed by atoms with Gasteiger partial charge in [0.25, 0.3) is 5.56 Å². The van der Waals surface area contributed by atoms with Gasteiger partial charge in [-0.3, -0.25) is 9.59 Å². The molecule has 0 fully saturated rings. The summed E-state index contributed by atoms with van der Waals surface area (Å²) in [6, 6.07) is 4.63. The lowest BCUT2D eigenvalue weighted by Gasteiger charge is -2.04. The molecular weight excluding hydrogens is 318 g/mol. The third-order valence-electron chi connectivity index (χ3n) is 2.77. The SMILES string of the molecule is C=CCOC(=O)c1sc(NC(=O)Cn2ccccc2=O)nc1C. The molecule has 0 saturated carbocycles. The summed E-state index contributed by atoms with van der Waals surface area (Å²) in [5.41, 5.74) is 0.197. The van der Waals surface area contributed by atoms with E-state index in [2.05, 4.69) is 16.9 Å². The molecule has 0 aromatic carbocycles. The second-order valence-corrected chi connectivity index (χ2v) is 5.53. The number of anilines is 1. The fourth-order valence-electron chi connectivity index (χ4n) is 1.74. The smallest absolute Gasteiger partial charge is 0.350 e. The van der Waals surface area contributed by atoms with Crippen LogP contribution in [0, 0.1) is 6.92 Å². The molecule has 0 atom stereocenters. The molecule has 2 aromatic rings. The highest BCUT2D eigenvalue weighted by atomic mass is 32.1. The fraction of sp³-hybridized carbons (Fsp3) is 0.200. The Morgan fingerprint density at radius 1 is 1.48 bits per heavy atom. The van der Waals surface area contributed by atoms with Crippen molar-refractivity contribution in [1.29, 1.82) is 0 Å². The summed E-state index contributed by atoms with van der Waals surface area (Å²) in [6.07, 6.45) is 2.99. The van der Waals surface area contributed by atoms with Gasteiger partial charge in [0.2, 0.25) is 5.91 Å². The van der Waals surface area contributed by atoms with E-state index in [1.54, 1.807) is 19.1 Å². The van der Waals surface area contributed by atoms with Crippen LogP contribution in [-0.4, -0.2) is 28.0 Å². The molecule has 0 spiro atoms. The molecule has 2 aromatic heterocycles. The first kappa shape index (κ1) is 16.6. The third-order valence-corrected chi connectivity index (χ3v) is 3.83. The van der Waals surface area contributed by atoms with Gasteiger partial charge >= 0.3 is 5.97 Å². The topological polar surface area (TPSA) is 90.3 Å². The molecule has 1 amide bonds. The van der Waals surface area contributed by atoms with E-state index in [1.807, 2.05) is 0 Å². The molecule has 0 aliphatic rings. The number of thiazole rings is 1. The second kappa shape index (κ2) is 7.50. The van der Waals surface area contributed by atoms with E-state index in [0.29, 0.717) is 10.6 Å². The Kier molecular flexibility index (Phi) is 5.42. The van der Waals surface area contributed by atoms with Crippen LogP contribution >= 0.6 is 11.3 Å². The minimum Gasteiger partial charge on any atom is -0.457 e. The molecule has 1 N–H and O–H groups in total. The number of amides is 1. The Morgan fingerprint density at radius 2 is 2.26 bits per heavy atom. The number of hydrogen-bond acceptors (Lipinski definition) is 6. The third kappa shape index (κ3) is 4.36. The molecule has 8 heteroatoms. The molecule has 0 bridgehead atoms. The molecule has 0 unspecified atom stereocenters. The molecular formula is C15H15N3O4S. The molecule has 2 rings (SSSR count). The van der Waals surface area contributed by atoms with Crippen LogP contribution in [-0.2, 0) is 16.1 Å². The second-order valence-electron chi connectivity index (χ2n) is 4.54. The van der Waals surface area contributed by atoms with E-state index in [-0.39, 0.29) is 23.8 Å². The van der Waals surface area contributed by atoms with Crippen LogP contribution in [0.15, 0.2) is 41.8 Å². The van der Waals surface area contributed by atoms with E-state index in [0.717, 1.165) is 11.3 Å². The maximum Gasteiger partial charge on any atom is 0.350 e. The number of esters is 1. The highest BCUT2D eigenvalue weighted by Crippen LogP contribution is 2.23. The quantitative estimate of drug-likeness (QED) is 0.640. The van der Waals surface area contributed by atoms with Crippen molar-refractivity contribution in [2.24, 2.45) is 0 Å². The largest absolute Gasteiger partial charge is 0.457 e. The first-order chi connectivity index (χ1) is 11.0. The van der Waals surface area contributed by atoms with Gasteiger partial charge in [0.1, 0.15) is 18.0 Å². The van der Waals surface area contributed by atoms with Crippen molar-refractivity contribution in [3.05, 3.63) is 58.0 Å². The Bertz CT molecular complexity index is 794. The lowest BCUT2D eigenvalue weighted by molar-refractivity contribution is -0.116. The zero-order chi connectivity index (χ0) is 16.8. The molecule has 120 valence electrons. The molecule has 2 heterocycles. The average Bonchev–Trinajstić information content (AvgIpc) is 2.87. The number of carbonyl (C=O) groups is 2. The zero-order valence-corrected chi connectivity index (χ0v) is 13.3. The fourth-order valence-corrected chi connectivity index (χ4v) is 2.62. The van der Waals surface area contributed by atoms with Crippen molar-refractivity contribution in [2.75, 3.05) is 11.9 Å². The van der Waals surface area contributed by atoms with E-state index >= 15 is 0 Å².